The second kappa shape index (κ2) is 7.89. The number of nitrogens with one attached hydrogen (secondary N) is 1. The fourth-order valence-electron chi connectivity index (χ4n) is 1.65. The average Bonchev–Trinajstić information content (AvgIpc) is 2.53. The van der Waals surface area contributed by atoms with Crippen LogP contribution in [0.25, 0.3) is 0 Å². The molecule has 0 bridgehead atoms. The summed E-state index contributed by atoms with van der Waals surface area (Å²) in [6.45, 7) is -0.314. The molecule has 2 rings (SSSR count). The van der Waals surface area contributed by atoms with E-state index in [4.69, 9.17) is 27.9 Å². The van der Waals surface area contributed by atoms with Crippen molar-refractivity contribution in [3.63, 3.8) is 0 Å². The fraction of sp³-hybridized carbons (Fsp3) is 0.133. The van der Waals surface area contributed by atoms with Gasteiger partial charge >= 0.3 is 5.97 Å². The van der Waals surface area contributed by atoms with Crippen molar-refractivity contribution >= 4 is 35.1 Å². The molecule has 1 amide bonds. The predicted molar refractivity (Wildman–Crippen MR) is 82.8 cm³/mol. The first kappa shape index (κ1) is 17.2. The number of hydrogen-bond acceptors (Lipinski definition) is 4. The maximum atomic E-state index is 13.0. The minimum atomic E-state index is -0.686. The molecule has 0 aliphatic carbocycles. The van der Waals surface area contributed by atoms with Crippen LogP contribution in [0, 0.1) is 5.82 Å². The van der Waals surface area contributed by atoms with E-state index in [-0.39, 0.29) is 22.3 Å². The molecule has 0 saturated heterocycles. The van der Waals surface area contributed by atoms with Crippen molar-refractivity contribution in [1.29, 1.82) is 0 Å². The lowest BCUT2D eigenvalue weighted by molar-refractivity contribution is -0.124. The van der Waals surface area contributed by atoms with E-state index in [1.165, 1.54) is 36.5 Å². The van der Waals surface area contributed by atoms with Gasteiger partial charge in [0.25, 0.3) is 5.91 Å². The van der Waals surface area contributed by atoms with Crippen LogP contribution in [0.5, 0.6) is 0 Å². The Morgan fingerprint density at radius 3 is 2.70 bits per heavy atom. The Morgan fingerprint density at radius 1 is 1.22 bits per heavy atom. The highest BCUT2D eigenvalue weighted by Crippen LogP contribution is 2.15. The predicted octanol–water partition coefficient (Wildman–Crippen LogP) is 3.00. The van der Waals surface area contributed by atoms with Crippen LogP contribution in [0.3, 0.4) is 0 Å². The minimum Gasteiger partial charge on any atom is -0.452 e. The van der Waals surface area contributed by atoms with E-state index in [1.807, 2.05) is 0 Å². The summed E-state index contributed by atoms with van der Waals surface area (Å²) in [5.74, 6) is -1.72. The molecule has 23 heavy (non-hydrogen) atoms. The molecule has 0 saturated carbocycles. The topological polar surface area (TPSA) is 68.3 Å². The van der Waals surface area contributed by atoms with E-state index < -0.39 is 24.3 Å². The number of rotatable bonds is 5. The fourth-order valence-corrected chi connectivity index (χ4v) is 2.02. The van der Waals surface area contributed by atoms with Crippen LogP contribution in [-0.4, -0.2) is 23.5 Å². The Bertz CT molecular complexity index is 740. The smallest absolute Gasteiger partial charge is 0.338 e. The first-order valence-electron chi connectivity index (χ1n) is 6.45. The average molecular weight is 357 g/mol. The molecule has 0 atom stereocenters. The Labute approximate surface area is 141 Å². The number of benzene rings is 1. The molecule has 2 aromatic rings. The molecule has 0 fully saturated rings. The second-order valence-electron chi connectivity index (χ2n) is 4.47. The van der Waals surface area contributed by atoms with E-state index in [0.717, 1.165) is 0 Å². The molecule has 1 aromatic heterocycles. The molecule has 0 aliphatic rings. The Hall–Kier alpha value is -2.18. The Morgan fingerprint density at radius 2 is 2.00 bits per heavy atom. The summed E-state index contributed by atoms with van der Waals surface area (Å²) in [6.07, 6.45) is 1.36. The zero-order valence-electron chi connectivity index (χ0n) is 11.7. The van der Waals surface area contributed by atoms with Crippen LogP contribution in [0.4, 0.5) is 4.39 Å². The number of carbonyl (C=O) groups is 2. The molecule has 1 heterocycles. The summed E-state index contributed by atoms with van der Waals surface area (Å²) in [5.41, 5.74) is 0.820. The van der Waals surface area contributed by atoms with E-state index in [0.29, 0.717) is 5.56 Å². The summed E-state index contributed by atoms with van der Waals surface area (Å²) in [4.78, 5) is 27.1. The molecule has 0 aliphatic heterocycles. The molecular formula is C15H11Cl2FN2O3. The van der Waals surface area contributed by atoms with Crippen LogP contribution >= 0.6 is 23.2 Å². The van der Waals surface area contributed by atoms with Crippen molar-refractivity contribution in [3.05, 3.63) is 63.6 Å². The summed E-state index contributed by atoms with van der Waals surface area (Å²) in [5, 5.41) is 2.65. The van der Waals surface area contributed by atoms with Gasteiger partial charge in [0.2, 0.25) is 0 Å². The van der Waals surface area contributed by atoms with E-state index in [2.05, 4.69) is 10.3 Å². The molecule has 1 aromatic carbocycles. The third kappa shape index (κ3) is 5.19. The maximum Gasteiger partial charge on any atom is 0.338 e. The zero-order valence-corrected chi connectivity index (χ0v) is 13.2. The monoisotopic (exact) mass is 356 g/mol. The van der Waals surface area contributed by atoms with E-state index in [9.17, 15) is 14.0 Å². The van der Waals surface area contributed by atoms with Crippen LogP contribution in [0.1, 0.15) is 15.9 Å². The number of hydrogen-bond donors (Lipinski definition) is 1. The SMILES string of the molecule is O=C(COC(=O)c1ccnc(Cl)c1)NCc1ccc(F)c(Cl)c1. The van der Waals surface area contributed by atoms with Crippen molar-refractivity contribution in [2.24, 2.45) is 0 Å². The maximum absolute atomic E-state index is 13.0. The number of pyridine rings is 1. The summed E-state index contributed by atoms with van der Waals surface area (Å²) >= 11 is 11.3. The number of esters is 1. The van der Waals surface area contributed by atoms with Crippen LogP contribution < -0.4 is 5.32 Å². The normalized spacial score (nSPS) is 10.2. The van der Waals surface area contributed by atoms with Gasteiger partial charge in [0.05, 0.1) is 10.6 Å². The van der Waals surface area contributed by atoms with Gasteiger partial charge in [-0.25, -0.2) is 14.2 Å². The number of aromatic nitrogens is 1. The Kier molecular flexibility index (Phi) is 5.90. The van der Waals surface area contributed by atoms with Gasteiger partial charge in [-0.3, -0.25) is 4.79 Å². The molecular weight excluding hydrogens is 346 g/mol. The summed E-state index contributed by atoms with van der Waals surface area (Å²) < 4.78 is 17.9. The van der Waals surface area contributed by atoms with Crippen molar-refractivity contribution < 1.29 is 18.7 Å². The number of carbonyl (C=O) groups excluding carboxylic acids is 2. The van der Waals surface area contributed by atoms with E-state index in [1.54, 1.807) is 0 Å². The highest BCUT2D eigenvalue weighted by molar-refractivity contribution is 6.30. The lowest BCUT2D eigenvalue weighted by Gasteiger charge is -2.07. The number of halogens is 3. The lowest BCUT2D eigenvalue weighted by Crippen LogP contribution is -2.28. The quantitative estimate of drug-likeness (QED) is 0.660. The minimum absolute atomic E-state index is 0.0299. The second-order valence-corrected chi connectivity index (χ2v) is 5.26. The molecule has 5 nitrogen and oxygen atoms in total. The van der Waals surface area contributed by atoms with Gasteiger partial charge in [0.1, 0.15) is 11.0 Å². The first-order valence-corrected chi connectivity index (χ1v) is 7.20. The Balaban J connectivity index is 1.81. The van der Waals surface area contributed by atoms with Gasteiger partial charge in [-0.2, -0.15) is 0 Å². The number of nitrogens with zero attached hydrogens (tertiary/aromatic N) is 1. The van der Waals surface area contributed by atoms with Crippen LogP contribution in [0.15, 0.2) is 36.5 Å². The number of ether oxygens (including phenoxy) is 1. The van der Waals surface area contributed by atoms with Gasteiger partial charge < -0.3 is 10.1 Å². The van der Waals surface area contributed by atoms with Crippen molar-refractivity contribution in [2.45, 2.75) is 6.54 Å². The zero-order chi connectivity index (χ0) is 16.8. The highest BCUT2D eigenvalue weighted by atomic mass is 35.5. The third-order valence-electron chi connectivity index (χ3n) is 2.77. The van der Waals surface area contributed by atoms with Crippen LogP contribution in [0.2, 0.25) is 10.2 Å². The van der Waals surface area contributed by atoms with Crippen molar-refractivity contribution in [2.75, 3.05) is 6.61 Å². The largest absolute Gasteiger partial charge is 0.452 e. The molecule has 0 radical (unpaired) electrons. The molecule has 0 spiro atoms. The van der Waals surface area contributed by atoms with Gasteiger partial charge in [-0.05, 0) is 29.8 Å². The lowest BCUT2D eigenvalue weighted by atomic mass is 10.2. The van der Waals surface area contributed by atoms with Gasteiger partial charge in [-0.15, -0.1) is 0 Å². The first-order chi connectivity index (χ1) is 11.0. The van der Waals surface area contributed by atoms with Gasteiger partial charge in [-0.1, -0.05) is 29.3 Å². The third-order valence-corrected chi connectivity index (χ3v) is 3.27. The van der Waals surface area contributed by atoms with Crippen LogP contribution in [-0.2, 0) is 16.1 Å². The molecule has 1 N–H and O–H groups in total. The summed E-state index contributed by atoms with van der Waals surface area (Å²) in [7, 11) is 0. The van der Waals surface area contributed by atoms with Gasteiger partial charge in [0.15, 0.2) is 6.61 Å². The molecule has 120 valence electrons. The standard InChI is InChI=1S/C15H11Cl2FN2O3/c16-11-5-9(1-2-12(11)18)7-20-14(21)8-23-15(22)10-3-4-19-13(17)6-10/h1-6H,7-8H2,(H,20,21). The molecule has 8 heteroatoms. The number of amides is 1. The highest BCUT2D eigenvalue weighted by Gasteiger charge is 2.11. The molecule has 0 unspecified atom stereocenters. The van der Waals surface area contributed by atoms with E-state index >= 15 is 0 Å². The summed E-state index contributed by atoms with van der Waals surface area (Å²) in [6, 6.07) is 6.86. The van der Waals surface area contributed by atoms with Gasteiger partial charge in [0, 0.05) is 12.7 Å². The van der Waals surface area contributed by atoms with Crippen molar-refractivity contribution in [3.8, 4) is 0 Å². The van der Waals surface area contributed by atoms with Crippen molar-refractivity contribution in [1.82, 2.24) is 10.3 Å².